The molecular formula is C70H54N38O20S6. The Labute approximate surface area is 756 Å². The van der Waals surface area contributed by atoms with Crippen molar-refractivity contribution in [3.05, 3.63) is 159 Å². The number of nitrogen functional groups attached to an aromatic ring is 4. The Morgan fingerprint density at radius 3 is 1.17 bits per heavy atom. The SMILES string of the molecule is Cc1nn(-c2nc(O)nc(-n3nc(C)c(N=Nc4c(S(C)(=O)=O)cnn4-c4cc(C(=O)O)cc(C(=O)O)c4)c3N)n2)c(N)c1N=Nc1c(S(C)(=O)=O)cnn1-c1cc(C(=O)O)cc(C(=O)O)c1.[C-]#[N+]c1c(C)nn(-c2nc3ccc(S(=O)(=O)O)cc3s2)c1N=Nc1c(C)nn(-c2nc(O)nc(-n3nc(C)c(N=Nc4c(C#N)c(C)nn4-c4nc5ccc(SOOO)cc5s4)c3N)n2)c1N. The van der Waals surface area contributed by atoms with Crippen LogP contribution in [0.4, 0.5) is 75.0 Å². The van der Waals surface area contributed by atoms with Gasteiger partial charge in [-0.2, -0.15) is 112 Å². The first kappa shape index (κ1) is 91.2. The normalized spacial score (nSPS) is 12.1. The molecule has 58 nitrogen and oxygen atoms in total. The summed E-state index contributed by atoms with van der Waals surface area (Å²) < 4.78 is 97.9. The molecule has 0 aliphatic rings. The van der Waals surface area contributed by atoms with Crippen molar-refractivity contribution >= 4 is 184 Å². The number of aromatic nitrogens is 24. The second-order valence-electron chi connectivity index (χ2n) is 27.5. The lowest BCUT2D eigenvalue weighted by Gasteiger charge is -2.08. The van der Waals surface area contributed by atoms with Gasteiger partial charge in [-0.1, -0.05) is 27.7 Å². The van der Waals surface area contributed by atoms with Gasteiger partial charge in [-0.3, -0.25) is 4.55 Å². The summed E-state index contributed by atoms with van der Waals surface area (Å²) >= 11 is 3.06. The number of nitriles is 1. The third kappa shape index (κ3) is 17.7. The Morgan fingerprint density at radius 2 is 0.813 bits per heavy atom. The second-order valence-corrected chi connectivity index (χ2v) is 35.7. The van der Waals surface area contributed by atoms with E-state index in [9.17, 15) is 84.9 Å². The average Bonchev–Trinajstić information content (AvgIpc) is 1.63. The van der Waals surface area contributed by atoms with Crippen molar-refractivity contribution in [1.82, 2.24) is 118 Å². The van der Waals surface area contributed by atoms with Crippen LogP contribution >= 0.6 is 34.7 Å². The maximum Gasteiger partial charge on any atom is 0.335 e. The van der Waals surface area contributed by atoms with Crippen LogP contribution in [0.3, 0.4) is 0 Å². The molecule has 64 heteroatoms. The zero-order chi connectivity index (χ0) is 96.5. The Hall–Kier alpha value is -17.5. The molecule has 0 bridgehead atoms. The topological polar surface area (TPSA) is 828 Å². The first-order valence-corrected chi connectivity index (χ1v) is 44.2. The summed E-state index contributed by atoms with van der Waals surface area (Å²) in [7, 11) is -12.7. The maximum atomic E-state index is 12.8. The number of fused-ring (bicyclic) bond motifs is 2. The van der Waals surface area contributed by atoms with E-state index in [0.717, 1.165) is 117 Å². The molecule has 134 heavy (non-hydrogen) atoms. The molecule has 0 saturated heterocycles. The lowest BCUT2D eigenvalue weighted by atomic mass is 10.1. The summed E-state index contributed by atoms with van der Waals surface area (Å²) in [6.45, 7) is 17.0. The van der Waals surface area contributed by atoms with Crippen molar-refractivity contribution in [1.29, 1.82) is 5.26 Å². The van der Waals surface area contributed by atoms with Crippen molar-refractivity contribution in [2.24, 2.45) is 40.9 Å². The van der Waals surface area contributed by atoms with Crippen LogP contribution in [0.15, 0.2) is 146 Å². The molecule has 12 aromatic heterocycles. The number of azo groups is 4. The van der Waals surface area contributed by atoms with Crippen LogP contribution in [0, 0.1) is 59.4 Å². The Bertz CT molecular complexity index is 7990. The molecule has 0 fully saturated rings. The number of carboxylic acid groups (broad SMARTS) is 4. The average molecular weight is 1940 g/mol. The standard InChI is InChI=1S/C35H25N21O7S4.C35H29N17O13S2/c1-13-19(12-36)29(55(49-13)34-40-20-8-6-17(66-63-62-58)10-22(20)64-34)47-45-24-14(2)50-53(27(24)37)31-42-32(44-33(57)43-31)54-28(38)25(15(3)51-54)46-48-30-26(39-5)16(4)52-56(30)35-41-21-9-7-18(67(59,60)61)11-23(21)65-35;1-13-23(43-45-27-21(66(3,62)63)11-38-49(27)19-7-15(29(53)54)5-16(8-19)30(55)56)25(36)51(47-13)33-40-34(42-35(61)41-33)52-26(37)24(14(2)48-52)44-46-28-22(67(4,64)65)12-39-50(28)20-9-17(31(57)58)6-18(10-20)32(59)60/h6-11,58H,37-38H2,1-4H3,(H,59,60,61)(H,42,43,44,57);5-12H,36-37H2,1-4H3,(H,53,54)(H,55,56)(H,57,58)(H,59,60)(H,40,41,42,61). The van der Waals surface area contributed by atoms with E-state index in [4.69, 9.17) is 34.8 Å². The zero-order valence-electron chi connectivity index (χ0n) is 68.5. The van der Waals surface area contributed by atoms with Gasteiger partial charge >= 0.3 is 35.9 Å². The Balaban J connectivity index is 0.000000204. The number of aromatic hydroxyl groups is 2. The third-order valence-electron chi connectivity index (χ3n) is 18.5. The Kier molecular flexibility index (Phi) is 23.9. The number of carboxylic acids is 4. The molecule has 0 aliphatic carbocycles. The van der Waals surface area contributed by atoms with E-state index >= 15 is 0 Å². The van der Waals surface area contributed by atoms with Crippen LogP contribution in [-0.4, -0.2) is 220 Å². The molecule has 0 saturated carbocycles. The number of rotatable bonds is 26. The van der Waals surface area contributed by atoms with Gasteiger partial charge in [0.05, 0.1) is 124 Å². The summed E-state index contributed by atoms with van der Waals surface area (Å²) in [5.41, 5.74) is 25.7. The van der Waals surface area contributed by atoms with Crippen molar-refractivity contribution in [2.45, 2.75) is 61.1 Å². The van der Waals surface area contributed by atoms with Crippen molar-refractivity contribution in [3.63, 3.8) is 0 Å². The lowest BCUT2D eigenvalue weighted by Crippen LogP contribution is -2.13. The lowest BCUT2D eigenvalue weighted by molar-refractivity contribution is -0.432. The second kappa shape index (κ2) is 35.1. The minimum atomic E-state index is -4.48. The van der Waals surface area contributed by atoms with Crippen molar-refractivity contribution in [2.75, 3.05) is 35.4 Å². The predicted octanol–water partition coefficient (Wildman–Crippen LogP) is 9.40. The van der Waals surface area contributed by atoms with E-state index in [2.05, 4.69) is 142 Å². The number of aryl methyl sites for hydroxylation is 6. The van der Waals surface area contributed by atoms with Crippen LogP contribution in [0.5, 0.6) is 12.0 Å². The molecule has 12 heterocycles. The minimum absolute atomic E-state index is 0.0263. The van der Waals surface area contributed by atoms with Gasteiger partial charge in [0, 0.05) is 17.4 Å². The van der Waals surface area contributed by atoms with Crippen LogP contribution < -0.4 is 22.9 Å². The van der Waals surface area contributed by atoms with Gasteiger partial charge < -0.3 is 53.6 Å². The van der Waals surface area contributed by atoms with Crippen LogP contribution in [0.25, 0.3) is 70.7 Å². The molecule has 0 aliphatic heterocycles. The molecule has 4 aromatic carbocycles. The van der Waals surface area contributed by atoms with E-state index in [1.807, 2.05) is 0 Å². The fourth-order valence-electron chi connectivity index (χ4n) is 12.4. The van der Waals surface area contributed by atoms with Crippen LogP contribution in [-0.2, 0) is 39.2 Å². The molecule has 16 rings (SSSR count). The highest BCUT2D eigenvalue weighted by atomic mass is 32.2. The maximum absolute atomic E-state index is 12.8. The summed E-state index contributed by atoms with van der Waals surface area (Å²) in [5.74, 6) is -9.32. The third-order valence-corrected chi connectivity index (χ3v) is 24.1. The summed E-state index contributed by atoms with van der Waals surface area (Å²) in [6.07, 6.45) is 3.46. The highest BCUT2D eigenvalue weighted by Crippen LogP contribution is 2.43. The fourth-order valence-corrected chi connectivity index (χ4v) is 16.7. The molecule has 16 aromatic rings. The van der Waals surface area contributed by atoms with Crippen molar-refractivity contribution < 1.29 is 94.3 Å². The minimum Gasteiger partial charge on any atom is -0.479 e. The Morgan fingerprint density at radius 1 is 0.463 bits per heavy atom. The summed E-state index contributed by atoms with van der Waals surface area (Å²) in [4.78, 5) is 83.6. The molecule has 16 N–H and O–H groups in total. The highest BCUT2D eigenvalue weighted by Gasteiger charge is 2.31. The van der Waals surface area contributed by atoms with E-state index in [1.54, 1.807) is 45.9 Å². The molecule has 0 amide bonds. The van der Waals surface area contributed by atoms with Crippen LogP contribution in [0.2, 0.25) is 0 Å². The first-order chi connectivity index (χ1) is 63.4. The highest BCUT2D eigenvalue weighted by molar-refractivity contribution is 7.94. The zero-order valence-corrected chi connectivity index (χ0v) is 73.4. The number of thiazole rings is 2. The molecule has 0 unspecified atom stereocenters. The predicted molar refractivity (Wildman–Crippen MR) is 460 cm³/mol. The number of hydrogen-bond donors (Lipinski definition) is 12. The number of nitrogens with two attached hydrogens (primary N) is 4. The smallest absolute Gasteiger partial charge is 0.335 e. The van der Waals surface area contributed by atoms with Gasteiger partial charge in [-0.05, 0) is 114 Å². The van der Waals surface area contributed by atoms with Gasteiger partial charge in [0.15, 0.2) is 89.0 Å². The number of aromatic carboxylic acids is 4. The molecular weight excluding hydrogens is 1890 g/mol. The summed E-state index contributed by atoms with van der Waals surface area (Å²) in [6, 6.07) is 15.4. The van der Waals surface area contributed by atoms with Crippen molar-refractivity contribution in [3.8, 4) is 63.5 Å². The van der Waals surface area contributed by atoms with E-state index in [-0.39, 0.29) is 125 Å². The van der Waals surface area contributed by atoms with Crippen LogP contribution in [0.1, 0.15) is 81.2 Å². The fraction of sp³-hybridized carbons (Fsp3) is 0.114. The first-order valence-electron chi connectivity index (χ1n) is 36.6. The molecule has 0 radical (unpaired) electrons. The van der Waals surface area contributed by atoms with Gasteiger partial charge in [0.2, 0.25) is 10.3 Å². The van der Waals surface area contributed by atoms with Gasteiger partial charge in [-0.25, -0.2) is 65.4 Å². The number of carbonyl (C=O) groups is 4. The number of sulfone groups is 2. The van der Waals surface area contributed by atoms with Gasteiger partial charge in [0.1, 0.15) is 21.4 Å². The number of nitrogens with zero attached hydrogens (tertiary/aromatic N) is 34. The molecule has 680 valence electrons. The molecule has 0 atom stereocenters. The molecule has 0 spiro atoms. The quantitative estimate of drug-likeness (QED) is 0.00599. The monoisotopic (exact) mass is 1940 g/mol. The van der Waals surface area contributed by atoms with Gasteiger partial charge in [0.25, 0.3) is 39.6 Å². The van der Waals surface area contributed by atoms with E-state index < -0.39 is 121 Å². The van der Waals surface area contributed by atoms with E-state index in [0.29, 0.717) is 37.1 Å². The largest absolute Gasteiger partial charge is 0.479 e. The number of hydrogen-bond acceptors (Lipinski definition) is 47. The van der Waals surface area contributed by atoms with E-state index in [1.165, 1.54) is 52.7 Å². The number of benzene rings is 4. The van der Waals surface area contributed by atoms with Gasteiger partial charge in [-0.15, -0.1) is 45.2 Å². The summed E-state index contributed by atoms with van der Waals surface area (Å²) in [5, 5.41) is 150. The number of anilines is 4.